The molecule has 0 saturated carbocycles. The van der Waals surface area contributed by atoms with E-state index in [0.717, 1.165) is 5.39 Å². The van der Waals surface area contributed by atoms with Gasteiger partial charge in [0.25, 0.3) is 11.8 Å². The van der Waals surface area contributed by atoms with Crippen molar-refractivity contribution < 1.29 is 38.7 Å². The summed E-state index contributed by atoms with van der Waals surface area (Å²) in [5.74, 6) is -4.76. The minimum Gasteiger partial charge on any atom is -0.481 e. The summed E-state index contributed by atoms with van der Waals surface area (Å²) in [4.78, 5) is 75.7. The number of carboxylic acids is 1. The molecule has 264 valence electrons. The Morgan fingerprint density at radius 3 is 2.29 bits per heavy atom. The monoisotopic (exact) mass is 732 g/mol. The number of oxime groups is 1. The molecule has 2 amide bonds. The molecule has 3 aromatic carbocycles. The Labute approximate surface area is 303 Å². The van der Waals surface area contributed by atoms with Crippen molar-refractivity contribution in [1.29, 1.82) is 0 Å². The Morgan fingerprint density at radius 1 is 0.922 bits per heavy atom. The Bertz CT molecular complexity index is 1980. The Hall–Kier alpha value is -5.33. The molecule has 3 N–H and O–H groups in total. The van der Waals surface area contributed by atoms with E-state index in [1.54, 1.807) is 48.7 Å². The highest BCUT2D eigenvalue weighted by Gasteiger charge is 2.49. The number of Topliss-reactive ketones (excluding diaryl/α,β-unsaturated/α-hetero) is 1. The topological polar surface area (TPSA) is 173 Å². The van der Waals surface area contributed by atoms with E-state index in [2.05, 4.69) is 20.8 Å². The number of hydrogen-bond acceptors (Lipinski definition) is 9. The first-order valence-electron chi connectivity index (χ1n) is 16.0. The first kappa shape index (κ1) is 36.9. The lowest BCUT2D eigenvalue weighted by atomic mass is 9.84. The van der Waals surface area contributed by atoms with E-state index in [9.17, 15) is 29.1 Å². The molecule has 1 unspecified atom stereocenters. The molecule has 1 aliphatic heterocycles. The molecule has 1 aromatic heterocycles. The number of carboxylic acid groups (broad SMARTS) is 1. The molecule has 3 atom stereocenters. The Kier molecular flexibility index (Phi) is 11.7. The zero-order valence-electron chi connectivity index (χ0n) is 27.6. The molecule has 0 saturated heterocycles. The maximum Gasteiger partial charge on any atom is 0.341 e. The van der Waals surface area contributed by atoms with Crippen LogP contribution >= 0.6 is 23.2 Å². The van der Waals surface area contributed by atoms with Gasteiger partial charge in [0, 0.05) is 24.4 Å². The fourth-order valence-corrected chi connectivity index (χ4v) is 6.30. The number of ether oxygens (including phenoxy) is 1. The van der Waals surface area contributed by atoms with Gasteiger partial charge in [-0.3, -0.25) is 24.2 Å². The van der Waals surface area contributed by atoms with Crippen molar-refractivity contribution in [3.05, 3.63) is 112 Å². The van der Waals surface area contributed by atoms with Crippen molar-refractivity contribution in [3.8, 4) is 0 Å². The van der Waals surface area contributed by atoms with E-state index >= 15 is 0 Å². The van der Waals surface area contributed by atoms with E-state index in [-0.39, 0.29) is 40.1 Å². The van der Waals surface area contributed by atoms with Crippen molar-refractivity contribution in [3.63, 3.8) is 0 Å². The first-order valence-corrected chi connectivity index (χ1v) is 16.7. The number of rotatable bonds is 14. The number of pyridine rings is 1. The third kappa shape index (κ3) is 8.70. The number of ketones is 1. The predicted octanol–water partition coefficient (Wildman–Crippen LogP) is 5.44. The van der Waals surface area contributed by atoms with Crippen LogP contribution in [0.5, 0.6) is 0 Å². The molecule has 12 nitrogen and oxygen atoms in total. The lowest BCUT2D eigenvalue weighted by Crippen LogP contribution is -2.55. The van der Waals surface area contributed by atoms with Gasteiger partial charge < -0.3 is 25.3 Å². The summed E-state index contributed by atoms with van der Waals surface area (Å²) < 4.78 is 5.12. The van der Waals surface area contributed by atoms with E-state index in [4.69, 9.17) is 32.8 Å². The smallest absolute Gasteiger partial charge is 0.341 e. The second-order valence-corrected chi connectivity index (χ2v) is 13.2. The molecule has 14 heteroatoms. The van der Waals surface area contributed by atoms with Crippen LogP contribution in [0.3, 0.4) is 0 Å². The summed E-state index contributed by atoms with van der Waals surface area (Å²) in [5.41, 5.74) is -0.622. The van der Waals surface area contributed by atoms with Gasteiger partial charge in [-0.15, -0.1) is 0 Å². The van der Waals surface area contributed by atoms with Crippen molar-refractivity contribution in [1.82, 2.24) is 15.6 Å². The number of carbonyl (C=O) groups is 5. The number of nitrogens with zero attached hydrogens (tertiary/aromatic N) is 2. The predicted molar refractivity (Wildman–Crippen MR) is 190 cm³/mol. The summed E-state index contributed by atoms with van der Waals surface area (Å²) in [5, 5.41) is 20.9. The minimum atomic E-state index is -1.73. The number of fused-ring (bicyclic) bond motifs is 1. The fourth-order valence-electron chi connectivity index (χ4n) is 5.75. The number of halogens is 2. The molecule has 2 heterocycles. The van der Waals surface area contributed by atoms with Crippen LogP contribution in [0.2, 0.25) is 10.0 Å². The minimum absolute atomic E-state index is 0.00310. The molecule has 5 rings (SSSR count). The average molecular weight is 734 g/mol. The highest BCUT2D eigenvalue weighted by atomic mass is 35.5. The zero-order valence-corrected chi connectivity index (χ0v) is 29.1. The third-order valence-electron chi connectivity index (χ3n) is 8.34. The number of carbonyl (C=O) groups excluding carboxylic acids is 4. The number of esters is 1. The van der Waals surface area contributed by atoms with Crippen molar-refractivity contribution in [2.75, 3.05) is 6.61 Å². The fraction of sp³-hybridized carbons (Fsp3) is 0.270. The SMILES string of the molecule is CC(C)[C@H](NC(=O)c1nccc2ccccc12)C1=NOC(Cc2ccccc2)(C(=O)N[C@@H](CC(=O)O)C(=O)COC(=O)c2c(Cl)cccc2Cl)C1. The molecule has 0 bridgehead atoms. The van der Waals surface area contributed by atoms with Gasteiger partial charge in [-0.2, -0.15) is 0 Å². The summed E-state index contributed by atoms with van der Waals surface area (Å²) in [6.45, 7) is 2.87. The number of amides is 2. The summed E-state index contributed by atoms with van der Waals surface area (Å²) >= 11 is 12.1. The Morgan fingerprint density at radius 2 is 1.61 bits per heavy atom. The highest BCUT2D eigenvalue weighted by molar-refractivity contribution is 6.39. The summed E-state index contributed by atoms with van der Waals surface area (Å²) in [6, 6.07) is 20.1. The van der Waals surface area contributed by atoms with Crippen molar-refractivity contribution >= 4 is 69.2 Å². The second kappa shape index (κ2) is 16.1. The van der Waals surface area contributed by atoms with E-state index in [1.807, 2.05) is 32.0 Å². The molecule has 0 fully saturated rings. The summed E-state index contributed by atoms with van der Waals surface area (Å²) in [7, 11) is 0. The maximum absolute atomic E-state index is 14.2. The number of aliphatic carboxylic acids is 1. The van der Waals surface area contributed by atoms with Gasteiger partial charge in [-0.1, -0.05) is 103 Å². The molecular weight excluding hydrogens is 699 g/mol. The third-order valence-corrected chi connectivity index (χ3v) is 8.97. The van der Waals surface area contributed by atoms with E-state index in [1.165, 1.54) is 18.2 Å². The van der Waals surface area contributed by atoms with Gasteiger partial charge in [-0.05, 0) is 35.1 Å². The van der Waals surface area contributed by atoms with Crippen LogP contribution in [0.1, 0.15) is 53.1 Å². The van der Waals surface area contributed by atoms with Crippen LogP contribution in [0.25, 0.3) is 10.8 Å². The number of hydrogen-bond donors (Lipinski definition) is 3. The number of nitrogens with one attached hydrogen (secondary N) is 2. The Balaban J connectivity index is 1.36. The van der Waals surface area contributed by atoms with Gasteiger partial charge in [0.05, 0.1) is 33.8 Å². The summed E-state index contributed by atoms with van der Waals surface area (Å²) in [6.07, 6.45) is 0.625. The normalized spacial score (nSPS) is 16.5. The molecule has 4 aromatic rings. The lowest BCUT2D eigenvalue weighted by Gasteiger charge is -2.29. The maximum atomic E-state index is 14.2. The molecule has 51 heavy (non-hydrogen) atoms. The van der Waals surface area contributed by atoms with Crippen LogP contribution < -0.4 is 10.6 Å². The molecule has 0 radical (unpaired) electrons. The average Bonchev–Trinajstić information content (AvgIpc) is 3.53. The number of aromatic nitrogens is 1. The van der Waals surface area contributed by atoms with Crippen LogP contribution in [-0.2, 0) is 30.4 Å². The van der Waals surface area contributed by atoms with Gasteiger partial charge in [0.2, 0.25) is 5.60 Å². The van der Waals surface area contributed by atoms with Gasteiger partial charge in [-0.25, -0.2) is 4.79 Å². The molecule has 0 aliphatic carbocycles. The van der Waals surface area contributed by atoms with Crippen LogP contribution in [0.4, 0.5) is 0 Å². The van der Waals surface area contributed by atoms with Crippen LogP contribution in [-0.4, -0.2) is 69.6 Å². The lowest BCUT2D eigenvalue weighted by molar-refractivity contribution is -0.148. The quantitative estimate of drug-likeness (QED) is 0.143. The van der Waals surface area contributed by atoms with Crippen molar-refractivity contribution in [2.24, 2.45) is 11.1 Å². The first-order chi connectivity index (χ1) is 24.4. The van der Waals surface area contributed by atoms with Gasteiger partial charge in [0.15, 0.2) is 12.4 Å². The largest absolute Gasteiger partial charge is 0.481 e. The van der Waals surface area contributed by atoms with Crippen LogP contribution in [0.15, 0.2) is 90.2 Å². The number of benzene rings is 3. The van der Waals surface area contributed by atoms with Crippen molar-refractivity contribution in [2.45, 2.75) is 50.8 Å². The molecular formula is C37H34Cl2N4O8. The zero-order chi connectivity index (χ0) is 36.7. The molecule has 0 spiro atoms. The second-order valence-electron chi connectivity index (χ2n) is 12.3. The van der Waals surface area contributed by atoms with E-state index in [0.29, 0.717) is 16.7 Å². The van der Waals surface area contributed by atoms with E-state index < -0.39 is 60.2 Å². The standard InChI is InChI=1S/C37H34Cl2N4O8/c1-21(2)32(42-34(47)33-24-12-7-6-11-23(24)15-16-40-33)28-19-37(51-43-28,18-22-9-4-3-5-10-22)36(49)41-27(17-30(45)46)29(44)20-50-35(48)31-25(38)13-8-14-26(31)39/h3-16,21,27,32H,17-20H2,1-2H3,(H,41,49)(H,42,47)(H,45,46)/t27-,32-,37?/m0/s1. The molecule has 1 aliphatic rings. The van der Waals surface area contributed by atoms with Gasteiger partial charge in [0.1, 0.15) is 11.7 Å². The highest BCUT2D eigenvalue weighted by Crippen LogP contribution is 2.32. The van der Waals surface area contributed by atoms with Gasteiger partial charge >= 0.3 is 11.9 Å². The van der Waals surface area contributed by atoms with Crippen LogP contribution in [0, 0.1) is 5.92 Å².